The van der Waals surface area contributed by atoms with Crippen molar-refractivity contribution in [2.75, 3.05) is 12.4 Å². The van der Waals surface area contributed by atoms with Gasteiger partial charge in [-0.3, -0.25) is 9.78 Å². The number of nitrogens with one attached hydrogen (secondary N) is 1. The van der Waals surface area contributed by atoms with Crippen molar-refractivity contribution in [1.82, 2.24) is 9.97 Å². The number of amides is 1. The van der Waals surface area contributed by atoms with Crippen LogP contribution in [0.2, 0.25) is 5.02 Å². The van der Waals surface area contributed by atoms with Gasteiger partial charge < -0.3 is 10.1 Å². The molecule has 3 rings (SSSR count). The fourth-order valence-electron chi connectivity index (χ4n) is 2.47. The van der Waals surface area contributed by atoms with Gasteiger partial charge in [0.05, 0.1) is 30.8 Å². The number of carbonyl (C=O) groups is 2. The number of esters is 1. The topological polar surface area (TPSA) is 81.2 Å². The smallest absolute Gasteiger partial charge is 0.346 e. The Balaban J connectivity index is 1.85. The summed E-state index contributed by atoms with van der Waals surface area (Å²) < 4.78 is 18.6. The first-order valence-corrected chi connectivity index (χ1v) is 8.39. The van der Waals surface area contributed by atoms with Crippen molar-refractivity contribution in [3.05, 3.63) is 76.3 Å². The van der Waals surface area contributed by atoms with E-state index in [2.05, 4.69) is 32.2 Å². The van der Waals surface area contributed by atoms with E-state index in [1.807, 2.05) is 0 Å². The van der Waals surface area contributed by atoms with E-state index in [9.17, 15) is 14.0 Å². The molecular weight excluding hydrogens is 385 g/mol. The molecule has 0 bridgehead atoms. The first-order chi connectivity index (χ1) is 13.4. The quantitative estimate of drug-likeness (QED) is 0.675. The van der Waals surface area contributed by atoms with Crippen molar-refractivity contribution < 1.29 is 18.7 Å². The second-order valence-corrected chi connectivity index (χ2v) is 6.08. The maximum atomic E-state index is 13.9. The fraction of sp³-hybridized carbons (Fsp3) is 0.100. The van der Waals surface area contributed by atoms with Crippen molar-refractivity contribution >= 4 is 29.3 Å². The van der Waals surface area contributed by atoms with Gasteiger partial charge in [-0.05, 0) is 30.7 Å². The van der Waals surface area contributed by atoms with Crippen LogP contribution in [0.25, 0.3) is 11.3 Å². The number of hydrogen-bond acceptors (Lipinski definition) is 5. The molecule has 2 aromatic carbocycles. The molecule has 0 saturated heterocycles. The van der Waals surface area contributed by atoms with Crippen molar-refractivity contribution in [1.29, 1.82) is 0 Å². The number of nitrogens with zero attached hydrogens (tertiary/aromatic N) is 2. The molecule has 0 spiro atoms. The highest BCUT2D eigenvalue weighted by molar-refractivity contribution is 6.33. The molecule has 6 nitrogen and oxygen atoms in total. The highest BCUT2D eigenvalue weighted by Crippen LogP contribution is 2.25. The SMILES string of the molecule is COC(=O)c1c#cc(Cl)c(-c2cnc(NC(=O)c3c(C)cccc3F)cn2)c1. The van der Waals surface area contributed by atoms with Gasteiger partial charge >= 0.3 is 5.97 Å². The largest absolute Gasteiger partial charge is 0.465 e. The maximum absolute atomic E-state index is 13.9. The van der Waals surface area contributed by atoms with Crippen molar-refractivity contribution in [3.8, 4) is 11.3 Å². The standard InChI is InChI=1S/C20H13ClFN3O3/c1-11-4-3-5-15(22)18(11)19(26)25-17-10-23-16(9-24-17)13-8-12(20(27)28-2)6-7-14(13)21/h3-5,8-10H,1-2H3,(H,24,25,26). The van der Waals surface area contributed by atoms with Crippen LogP contribution < -0.4 is 5.32 Å². The highest BCUT2D eigenvalue weighted by atomic mass is 35.5. The number of aryl methyl sites for hydroxylation is 1. The van der Waals surface area contributed by atoms with E-state index < -0.39 is 17.7 Å². The van der Waals surface area contributed by atoms with E-state index in [4.69, 9.17) is 11.6 Å². The third-order valence-electron chi connectivity index (χ3n) is 3.86. The van der Waals surface area contributed by atoms with Gasteiger partial charge in [0.15, 0.2) is 5.82 Å². The summed E-state index contributed by atoms with van der Waals surface area (Å²) >= 11 is 6.10. The number of ether oxygens (including phenoxy) is 1. The number of aromatic nitrogens is 2. The number of benzene rings is 1. The third-order valence-corrected chi connectivity index (χ3v) is 4.15. The molecule has 3 aromatic rings. The molecule has 0 unspecified atom stereocenters. The molecule has 1 N–H and O–H groups in total. The zero-order chi connectivity index (χ0) is 20.3. The summed E-state index contributed by atoms with van der Waals surface area (Å²) in [4.78, 5) is 32.2. The molecule has 1 heterocycles. The molecule has 0 saturated carbocycles. The number of rotatable bonds is 4. The number of anilines is 1. The maximum Gasteiger partial charge on any atom is 0.346 e. The van der Waals surface area contributed by atoms with Crippen LogP contribution in [-0.2, 0) is 4.74 Å². The molecule has 0 radical (unpaired) electrons. The Bertz CT molecular complexity index is 1030. The van der Waals surface area contributed by atoms with Crippen LogP contribution in [0.3, 0.4) is 0 Å². The van der Waals surface area contributed by atoms with Gasteiger partial charge in [-0.1, -0.05) is 29.8 Å². The Morgan fingerprint density at radius 2 is 2.00 bits per heavy atom. The summed E-state index contributed by atoms with van der Waals surface area (Å²) in [6.45, 7) is 1.64. The Labute approximate surface area is 165 Å². The lowest BCUT2D eigenvalue weighted by molar-refractivity contribution is 0.0600. The monoisotopic (exact) mass is 397 g/mol. The van der Waals surface area contributed by atoms with Gasteiger partial charge in [-0.2, -0.15) is 0 Å². The lowest BCUT2D eigenvalue weighted by atomic mass is 10.1. The zero-order valence-electron chi connectivity index (χ0n) is 14.8. The number of carbonyl (C=O) groups excluding carboxylic acids is 2. The van der Waals surface area contributed by atoms with Crippen LogP contribution in [-0.4, -0.2) is 29.0 Å². The molecule has 1 aromatic heterocycles. The Morgan fingerprint density at radius 3 is 2.64 bits per heavy atom. The highest BCUT2D eigenvalue weighted by Gasteiger charge is 2.16. The van der Waals surface area contributed by atoms with Gasteiger partial charge in [0.2, 0.25) is 0 Å². The van der Waals surface area contributed by atoms with Gasteiger partial charge in [0.1, 0.15) is 16.4 Å². The second kappa shape index (κ2) is 8.03. The predicted octanol–water partition coefficient (Wildman–Crippen LogP) is 3.88. The Kier molecular flexibility index (Phi) is 5.52. The van der Waals surface area contributed by atoms with Gasteiger partial charge in [0.25, 0.3) is 5.91 Å². The van der Waals surface area contributed by atoms with E-state index >= 15 is 0 Å². The first-order valence-electron chi connectivity index (χ1n) is 8.01. The lowest BCUT2D eigenvalue weighted by Crippen LogP contribution is -2.16. The summed E-state index contributed by atoms with van der Waals surface area (Å²) in [6, 6.07) is 11.0. The first kappa shape index (κ1) is 19.3. The van der Waals surface area contributed by atoms with E-state index in [1.54, 1.807) is 13.0 Å². The normalized spacial score (nSPS) is 10.1. The number of halogens is 2. The van der Waals surface area contributed by atoms with Crippen molar-refractivity contribution in [2.45, 2.75) is 6.92 Å². The van der Waals surface area contributed by atoms with Gasteiger partial charge in [-0.25, -0.2) is 14.2 Å². The molecule has 0 fully saturated rings. The van der Waals surface area contributed by atoms with Crippen LogP contribution in [0.1, 0.15) is 26.3 Å². The minimum atomic E-state index is -0.633. The summed E-state index contributed by atoms with van der Waals surface area (Å²) in [7, 11) is 1.25. The molecule has 0 aliphatic carbocycles. The Morgan fingerprint density at radius 1 is 1.21 bits per heavy atom. The predicted molar refractivity (Wildman–Crippen MR) is 101 cm³/mol. The molecule has 0 aliphatic rings. The van der Waals surface area contributed by atoms with Gasteiger partial charge in [-0.15, -0.1) is 0 Å². The van der Waals surface area contributed by atoms with Crippen molar-refractivity contribution in [3.63, 3.8) is 0 Å². The summed E-state index contributed by atoms with van der Waals surface area (Å²) in [5.74, 6) is -1.72. The summed E-state index contributed by atoms with van der Waals surface area (Å²) in [6.07, 6.45) is 2.66. The fourth-order valence-corrected chi connectivity index (χ4v) is 2.67. The van der Waals surface area contributed by atoms with E-state index in [-0.39, 0.29) is 22.0 Å². The molecule has 140 valence electrons. The second-order valence-electron chi connectivity index (χ2n) is 5.70. The molecule has 8 heteroatoms. The summed E-state index contributed by atoms with van der Waals surface area (Å²) in [5, 5.41) is 2.69. The van der Waals surface area contributed by atoms with Crippen LogP contribution in [0.15, 0.2) is 36.7 Å². The molecule has 0 atom stereocenters. The minimum Gasteiger partial charge on any atom is -0.465 e. The molecule has 1 amide bonds. The van der Waals surface area contributed by atoms with Crippen LogP contribution in [0.4, 0.5) is 10.2 Å². The third kappa shape index (κ3) is 3.92. The van der Waals surface area contributed by atoms with Gasteiger partial charge in [0, 0.05) is 5.56 Å². The molecule has 0 aliphatic heterocycles. The minimum absolute atomic E-state index is 0.0627. The van der Waals surface area contributed by atoms with Crippen LogP contribution >= 0.6 is 11.6 Å². The molecular formula is C20H13ClFN3O3. The van der Waals surface area contributed by atoms with E-state index in [1.165, 1.54) is 37.7 Å². The lowest BCUT2D eigenvalue weighted by Gasteiger charge is -2.08. The van der Waals surface area contributed by atoms with E-state index in [0.29, 0.717) is 16.8 Å². The summed E-state index contributed by atoms with van der Waals surface area (Å²) in [5.41, 5.74) is 1.32. The van der Waals surface area contributed by atoms with Crippen LogP contribution in [0, 0.1) is 24.9 Å². The zero-order valence-corrected chi connectivity index (χ0v) is 15.6. The Hall–Kier alpha value is -3.50. The average molecular weight is 398 g/mol. The average Bonchev–Trinajstić information content (AvgIpc) is 2.68. The number of hydrogen-bond donors (Lipinski definition) is 1. The van der Waals surface area contributed by atoms with Crippen molar-refractivity contribution in [2.24, 2.45) is 0 Å². The number of methoxy groups -OCH3 is 1. The molecule has 28 heavy (non-hydrogen) atoms. The van der Waals surface area contributed by atoms with Crippen LogP contribution in [0.5, 0.6) is 0 Å². The van der Waals surface area contributed by atoms with E-state index in [0.717, 1.165) is 0 Å².